The van der Waals surface area contributed by atoms with Crippen LogP contribution in [0.25, 0.3) is 22.2 Å². The second kappa shape index (κ2) is 4.53. The fourth-order valence-corrected chi connectivity index (χ4v) is 2.65. The minimum atomic E-state index is 0.867. The molecule has 20 heavy (non-hydrogen) atoms. The lowest BCUT2D eigenvalue weighted by Crippen LogP contribution is -2.19. The first-order chi connectivity index (χ1) is 9.90. The number of amidine groups is 1. The number of hydrogen-bond donors (Lipinski definition) is 2. The van der Waals surface area contributed by atoms with E-state index in [2.05, 4.69) is 69.9 Å². The van der Waals surface area contributed by atoms with Crippen molar-refractivity contribution in [1.29, 1.82) is 0 Å². The van der Waals surface area contributed by atoms with Crippen LogP contribution in [-0.4, -0.2) is 23.9 Å². The van der Waals surface area contributed by atoms with Gasteiger partial charge in [-0.25, -0.2) is 0 Å². The molecule has 1 aliphatic heterocycles. The number of nitrogens with one attached hydrogen (secondary N) is 2. The van der Waals surface area contributed by atoms with E-state index in [9.17, 15) is 0 Å². The van der Waals surface area contributed by atoms with Crippen molar-refractivity contribution >= 4 is 16.7 Å². The lowest BCUT2D eigenvalue weighted by molar-refractivity contribution is 0.960. The van der Waals surface area contributed by atoms with Crippen molar-refractivity contribution in [2.45, 2.75) is 0 Å². The van der Waals surface area contributed by atoms with E-state index < -0.39 is 0 Å². The van der Waals surface area contributed by atoms with E-state index in [1.54, 1.807) is 0 Å². The van der Waals surface area contributed by atoms with E-state index in [1.165, 1.54) is 16.5 Å². The maximum atomic E-state index is 4.48. The van der Waals surface area contributed by atoms with Gasteiger partial charge < -0.3 is 10.3 Å². The zero-order valence-corrected chi connectivity index (χ0v) is 11.1. The molecule has 1 aromatic heterocycles. The predicted octanol–water partition coefficient (Wildman–Crippen LogP) is 3.18. The molecule has 0 unspecified atom stereocenters. The van der Waals surface area contributed by atoms with Crippen molar-refractivity contribution in [1.82, 2.24) is 10.3 Å². The Labute approximate surface area is 117 Å². The van der Waals surface area contributed by atoms with Gasteiger partial charge in [0.05, 0.1) is 6.54 Å². The van der Waals surface area contributed by atoms with E-state index in [4.69, 9.17) is 0 Å². The first-order valence-electron chi connectivity index (χ1n) is 6.87. The average Bonchev–Trinajstić information content (AvgIpc) is 3.16. The molecule has 0 spiro atoms. The van der Waals surface area contributed by atoms with Gasteiger partial charge in [-0.1, -0.05) is 36.4 Å². The molecule has 0 amide bonds. The Morgan fingerprint density at radius 2 is 1.80 bits per heavy atom. The lowest BCUT2D eigenvalue weighted by atomic mass is 10.1. The number of H-pyrrole nitrogens is 1. The van der Waals surface area contributed by atoms with Gasteiger partial charge in [0.1, 0.15) is 5.84 Å². The molecule has 3 heteroatoms. The highest BCUT2D eigenvalue weighted by Crippen LogP contribution is 2.24. The molecule has 2 N–H and O–H groups in total. The number of fused-ring (bicyclic) bond motifs is 1. The van der Waals surface area contributed by atoms with Gasteiger partial charge in [0.2, 0.25) is 0 Å². The first kappa shape index (κ1) is 11.3. The molecule has 3 aromatic rings. The maximum absolute atomic E-state index is 4.48. The summed E-state index contributed by atoms with van der Waals surface area (Å²) < 4.78 is 0. The quantitative estimate of drug-likeness (QED) is 0.730. The van der Waals surface area contributed by atoms with Gasteiger partial charge in [-0.05, 0) is 23.8 Å². The Kier molecular flexibility index (Phi) is 2.56. The number of benzene rings is 2. The number of aromatic amines is 1. The SMILES string of the molecule is c1cc(C2=NCCN2)cc(-c2cc3ccccc3[nH]2)c1. The summed E-state index contributed by atoms with van der Waals surface area (Å²) in [5.41, 5.74) is 4.66. The van der Waals surface area contributed by atoms with E-state index >= 15 is 0 Å². The predicted molar refractivity (Wildman–Crippen MR) is 83.1 cm³/mol. The van der Waals surface area contributed by atoms with Crippen molar-refractivity contribution in [3.8, 4) is 11.3 Å². The van der Waals surface area contributed by atoms with Gasteiger partial charge in [-0.3, -0.25) is 4.99 Å². The van der Waals surface area contributed by atoms with E-state index in [1.807, 2.05) is 0 Å². The van der Waals surface area contributed by atoms with Crippen LogP contribution in [0.3, 0.4) is 0 Å². The molecule has 0 atom stereocenters. The largest absolute Gasteiger partial charge is 0.368 e. The molecule has 0 saturated carbocycles. The third-order valence-corrected chi connectivity index (χ3v) is 3.65. The molecule has 0 aliphatic carbocycles. The number of nitrogens with zero attached hydrogens (tertiary/aromatic N) is 1. The summed E-state index contributed by atoms with van der Waals surface area (Å²) in [5, 5.41) is 4.56. The van der Waals surface area contributed by atoms with Crippen molar-refractivity contribution in [3.63, 3.8) is 0 Å². The highest BCUT2D eigenvalue weighted by molar-refractivity contribution is 6.00. The summed E-state index contributed by atoms with van der Waals surface area (Å²) in [4.78, 5) is 7.95. The Morgan fingerprint density at radius 3 is 2.65 bits per heavy atom. The Bertz CT molecular complexity index is 766. The highest BCUT2D eigenvalue weighted by atomic mass is 15.1. The third kappa shape index (κ3) is 1.88. The van der Waals surface area contributed by atoms with Gasteiger partial charge in [-0.15, -0.1) is 0 Å². The molecule has 0 fully saturated rings. The van der Waals surface area contributed by atoms with Gasteiger partial charge >= 0.3 is 0 Å². The van der Waals surface area contributed by atoms with E-state index in [0.717, 1.165) is 30.2 Å². The van der Waals surface area contributed by atoms with Gasteiger partial charge in [0, 0.05) is 28.7 Å². The Balaban J connectivity index is 1.79. The number of hydrogen-bond acceptors (Lipinski definition) is 2. The topological polar surface area (TPSA) is 40.2 Å². The smallest absolute Gasteiger partial charge is 0.128 e. The first-order valence-corrected chi connectivity index (χ1v) is 6.87. The van der Waals surface area contributed by atoms with Crippen LogP contribution in [0.15, 0.2) is 59.6 Å². The van der Waals surface area contributed by atoms with Gasteiger partial charge in [0.15, 0.2) is 0 Å². The summed E-state index contributed by atoms with van der Waals surface area (Å²) >= 11 is 0. The van der Waals surface area contributed by atoms with Crippen LogP contribution in [0, 0.1) is 0 Å². The van der Waals surface area contributed by atoms with Crippen molar-refractivity contribution in [3.05, 3.63) is 60.2 Å². The van der Waals surface area contributed by atoms with Crippen LogP contribution in [0.2, 0.25) is 0 Å². The number of para-hydroxylation sites is 1. The minimum Gasteiger partial charge on any atom is -0.368 e. The van der Waals surface area contributed by atoms with Crippen LogP contribution in [-0.2, 0) is 0 Å². The molecule has 3 nitrogen and oxygen atoms in total. The summed E-state index contributed by atoms with van der Waals surface area (Å²) in [5.74, 6) is 1.00. The van der Waals surface area contributed by atoms with Crippen LogP contribution in [0.4, 0.5) is 0 Å². The zero-order valence-electron chi connectivity index (χ0n) is 11.1. The second-order valence-corrected chi connectivity index (χ2v) is 5.01. The normalized spacial score (nSPS) is 14.3. The fourth-order valence-electron chi connectivity index (χ4n) is 2.65. The zero-order chi connectivity index (χ0) is 13.4. The summed E-state index contributed by atoms with van der Waals surface area (Å²) in [6.45, 7) is 1.80. The Hall–Kier alpha value is -2.55. The van der Waals surface area contributed by atoms with Crippen LogP contribution < -0.4 is 5.32 Å². The molecule has 0 saturated heterocycles. The van der Waals surface area contributed by atoms with Crippen molar-refractivity contribution < 1.29 is 0 Å². The fraction of sp³-hybridized carbons (Fsp3) is 0.118. The summed E-state index contributed by atoms with van der Waals surface area (Å²) in [6.07, 6.45) is 0. The molecule has 0 bridgehead atoms. The number of aliphatic imine (C=N–C) groups is 1. The molecular formula is C17H15N3. The van der Waals surface area contributed by atoms with Crippen molar-refractivity contribution in [2.24, 2.45) is 4.99 Å². The standard InChI is InChI=1S/C17H15N3/c1-2-7-15-13(4-1)11-16(20-15)12-5-3-6-14(10-12)17-18-8-9-19-17/h1-7,10-11,20H,8-9H2,(H,18,19). The van der Waals surface area contributed by atoms with Crippen LogP contribution in [0.5, 0.6) is 0 Å². The van der Waals surface area contributed by atoms with Crippen LogP contribution >= 0.6 is 0 Å². The van der Waals surface area contributed by atoms with Crippen LogP contribution in [0.1, 0.15) is 5.56 Å². The Morgan fingerprint density at radius 1 is 0.900 bits per heavy atom. The second-order valence-electron chi connectivity index (χ2n) is 5.01. The lowest BCUT2D eigenvalue weighted by Gasteiger charge is -2.04. The minimum absolute atomic E-state index is 0.867. The van der Waals surface area contributed by atoms with Crippen molar-refractivity contribution in [2.75, 3.05) is 13.1 Å². The maximum Gasteiger partial charge on any atom is 0.128 e. The molecule has 2 aromatic carbocycles. The summed E-state index contributed by atoms with van der Waals surface area (Å²) in [7, 11) is 0. The molecule has 1 aliphatic rings. The summed E-state index contributed by atoms with van der Waals surface area (Å²) in [6, 6.07) is 19.0. The molecule has 0 radical (unpaired) electrons. The molecule has 4 rings (SSSR count). The number of rotatable bonds is 2. The van der Waals surface area contributed by atoms with Gasteiger partial charge in [0.25, 0.3) is 0 Å². The van der Waals surface area contributed by atoms with Gasteiger partial charge in [-0.2, -0.15) is 0 Å². The molecular weight excluding hydrogens is 246 g/mol. The number of aromatic nitrogens is 1. The third-order valence-electron chi connectivity index (χ3n) is 3.65. The monoisotopic (exact) mass is 261 g/mol. The molecule has 98 valence electrons. The molecule has 2 heterocycles. The van der Waals surface area contributed by atoms with E-state index in [-0.39, 0.29) is 0 Å². The highest BCUT2D eigenvalue weighted by Gasteiger charge is 2.09. The average molecular weight is 261 g/mol. The van der Waals surface area contributed by atoms with E-state index in [0.29, 0.717) is 0 Å².